The first-order valence-corrected chi connectivity index (χ1v) is 7.14. The minimum absolute atomic E-state index is 0.0742. The average Bonchev–Trinajstić information content (AvgIpc) is 2.71. The summed E-state index contributed by atoms with van der Waals surface area (Å²) in [6.07, 6.45) is -3.63. The van der Waals surface area contributed by atoms with Gasteiger partial charge in [-0.05, 0) is 43.5 Å². The van der Waals surface area contributed by atoms with Crippen molar-refractivity contribution in [3.63, 3.8) is 0 Å². The van der Waals surface area contributed by atoms with Crippen LogP contribution in [0.3, 0.4) is 0 Å². The van der Waals surface area contributed by atoms with Gasteiger partial charge in [-0.25, -0.2) is 4.68 Å². The lowest BCUT2D eigenvalue weighted by Gasteiger charge is -2.14. The van der Waals surface area contributed by atoms with Crippen molar-refractivity contribution in [2.24, 2.45) is 0 Å². The summed E-state index contributed by atoms with van der Waals surface area (Å²) in [7, 11) is 0. The number of benzene rings is 1. The highest BCUT2D eigenvalue weighted by molar-refractivity contribution is 6.17. The van der Waals surface area contributed by atoms with Gasteiger partial charge >= 0.3 is 6.18 Å². The van der Waals surface area contributed by atoms with E-state index in [1.165, 1.54) is 6.07 Å². The second-order valence-electron chi connectivity index (χ2n) is 4.89. The summed E-state index contributed by atoms with van der Waals surface area (Å²) >= 11 is 5.60. The number of hydrogen-bond acceptors (Lipinski definition) is 1. The Morgan fingerprint density at radius 1 is 1.24 bits per heavy atom. The molecule has 0 fully saturated rings. The maximum atomic E-state index is 13.1. The fourth-order valence-electron chi connectivity index (χ4n) is 2.51. The third kappa shape index (κ3) is 2.93. The van der Waals surface area contributed by atoms with Crippen LogP contribution in [0.15, 0.2) is 18.2 Å². The van der Waals surface area contributed by atoms with Gasteiger partial charge in [0.05, 0.1) is 16.9 Å². The Bertz CT molecular complexity index is 660. The molecule has 2 aromatic rings. The van der Waals surface area contributed by atoms with Crippen LogP contribution < -0.4 is 0 Å². The molecule has 2 rings (SSSR count). The third-order valence-electron chi connectivity index (χ3n) is 3.58. The van der Waals surface area contributed by atoms with Gasteiger partial charge in [0.15, 0.2) is 0 Å². The smallest absolute Gasteiger partial charge is 0.238 e. The van der Waals surface area contributed by atoms with Gasteiger partial charge in [-0.1, -0.05) is 13.0 Å². The first-order valence-electron chi connectivity index (χ1n) is 6.61. The molecule has 21 heavy (non-hydrogen) atoms. The van der Waals surface area contributed by atoms with Crippen LogP contribution in [0.25, 0.3) is 5.69 Å². The first kappa shape index (κ1) is 15.9. The summed E-state index contributed by atoms with van der Waals surface area (Å²) in [6, 6.07) is 4.13. The Hall–Kier alpha value is -1.49. The van der Waals surface area contributed by atoms with Crippen LogP contribution in [-0.4, -0.2) is 9.78 Å². The molecule has 0 aliphatic heterocycles. The maximum Gasteiger partial charge on any atom is 0.416 e. The van der Waals surface area contributed by atoms with Gasteiger partial charge in [-0.3, -0.25) is 0 Å². The Morgan fingerprint density at radius 3 is 2.38 bits per heavy atom. The Kier molecular flexibility index (Phi) is 4.33. The molecule has 0 unspecified atom stereocenters. The van der Waals surface area contributed by atoms with Crippen molar-refractivity contribution >= 4 is 11.6 Å². The van der Waals surface area contributed by atoms with Crippen LogP contribution in [0.1, 0.15) is 35.0 Å². The molecular weight excluding hydrogens is 301 g/mol. The summed E-state index contributed by atoms with van der Waals surface area (Å²) < 4.78 is 40.8. The number of alkyl halides is 4. The van der Waals surface area contributed by atoms with E-state index in [0.717, 1.165) is 29.4 Å². The van der Waals surface area contributed by atoms with Crippen LogP contribution in [0.4, 0.5) is 13.2 Å². The predicted molar refractivity (Wildman–Crippen MR) is 77.0 cm³/mol. The number of hydrogen-bond donors (Lipinski definition) is 0. The van der Waals surface area contributed by atoms with Crippen molar-refractivity contribution in [2.45, 2.75) is 39.2 Å². The predicted octanol–water partition coefficient (Wildman–Crippen LogP) is 4.81. The van der Waals surface area contributed by atoms with Crippen molar-refractivity contribution in [2.75, 3.05) is 0 Å². The van der Waals surface area contributed by atoms with Crippen LogP contribution in [0.5, 0.6) is 0 Å². The molecule has 0 saturated carbocycles. The highest BCUT2D eigenvalue weighted by atomic mass is 35.5. The molecule has 0 aliphatic carbocycles. The lowest BCUT2D eigenvalue weighted by atomic mass is 10.1. The summed E-state index contributed by atoms with van der Waals surface area (Å²) in [5.41, 5.74) is 2.53. The van der Waals surface area contributed by atoms with E-state index in [2.05, 4.69) is 5.10 Å². The van der Waals surface area contributed by atoms with Crippen molar-refractivity contribution in [1.29, 1.82) is 0 Å². The Balaban J connectivity index is 2.61. The molecule has 0 atom stereocenters. The average molecular weight is 317 g/mol. The van der Waals surface area contributed by atoms with Gasteiger partial charge < -0.3 is 0 Å². The molecule has 1 heterocycles. The molecule has 0 bridgehead atoms. The lowest BCUT2D eigenvalue weighted by molar-refractivity contribution is -0.138. The second kappa shape index (κ2) is 5.72. The van der Waals surface area contributed by atoms with E-state index in [0.29, 0.717) is 5.69 Å². The quantitative estimate of drug-likeness (QED) is 0.743. The van der Waals surface area contributed by atoms with E-state index in [1.54, 1.807) is 10.7 Å². The van der Waals surface area contributed by atoms with Crippen LogP contribution in [0, 0.1) is 13.8 Å². The molecule has 1 aromatic carbocycles. The first-order chi connectivity index (χ1) is 9.79. The number of rotatable bonds is 3. The number of aryl methyl sites for hydroxylation is 1. The summed E-state index contributed by atoms with van der Waals surface area (Å²) in [6.45, 7) is 5.72. The van der Waals surface area contributed by atoms with Gasteiger partial charge in [0.2, 0.25) is 0 Å². The number of halogens is 4. The summed E-state index contributed by atoms with van der Waals surface area (Å²) in [5.74, 6) is -0.174. The highest BCUT2D eigenvalue weighted by Gasteiger charge is 2.33. The molecule has 2 nitrogen and oxygen atoms in total. The molecule has 1 aromatic heterocycles. The van der Waals surface area contributed by atoms with Crippen LogP contribution in [0.2, 0.25) is 0 Å². The SMILES string of the molecule is CCc1c(C)nn(-c2ccc(CCl)c(C(F)(F)F)c2)c1C. The van der Waals surface area contributed by atoms with Crippen molar-refractivity contribution in [3.8, 4) is 5.69 Å². The van der Waals surface area contributed by atoms with Crippen molar-refractivity contribution < 1.29 is 13.2 Å². The Labute approximate surface area is 126 Å². The van der Waals surface area contributed by atoms with E-state index >= 15 is 0 Å². The fraction of sp³-hybridized carbons (Fsp3) is 0.400. The monoisotopic (exact) mass is 316 g/mol. The standard InChI is InChI=1S/C15H16ClF3N2/c1-4-13-9(2)20-21(10(13)3)12-6-5-11(8-16)14(7-12)15(17,18)19/h5-7H,4,8H2,1-3H3. The van der Waals surface area contributed by atoms with E-state index in [9.17, 15) is 13.2 Å². The molecule has 114 valence electrons. The third-order valence-corrected chi connectivity index (χ3v) is 3.87. The van der Waals surface area contributed by atoms with Crippen molar-refractivity contribution in [1.82, 2.24) is 9.78 Å². The molecule has 0 saturated heterocycles. The zero-order valence-corrected chi connectivity index (χ0v) is 12.8. The van der Waals surface area contributed by atoms with Gasteiger partial charge in [0, 0.05) is 11.6 Å². The normalized spacial score (nSPS) is 12.0. The number of aromatic nitrogens is 2. The van der Waals surface area contributed by atoms with E-state index in [1.807, 2.05) is 20.8 Å². The van der Waals surface area contributed by atoms with Crippen LogP contribution >= 0.6 is 11.6 Å². The molecule has 0 spiro atoms. The zero-order valence-electron chi connectivity index (χ0n) is 12.1. The van der Waals surface area contributed by atoms with E-state index in [4.69, 9.17) is 11.6 Å². The van der Waals surface area contributed by atoms with Gasteiger partial charge in [-0.15, -0.1) is 11.6 Å². The molecule has 0 amide bonds. The molecule has 0 radical (unpaired) electrons. The second-order valence-corrected chi connectivity index (χ2v) is 5.15. The van der Waals surface area contributed by atoms with Gasteiger partial charge in [-0.2, -0.15) is 18.3 Å². The zero-order chi connectivity index (χ0) is 15.8. The van der Waals surface area contributed by atoms with E-state index < -0.39 is 11.7 Å². The Morgan fingerprint density at radius 2 is 1.90 bits per heavy atom. The summed E-state index contributed by atoms with van der Waals surface area (Å²) in [4.78, 5) is 0. The number of nitrogens with zero attached hydrogens (tertiary/aromatic N) is 2. The molecule has 0 N–H and O–H groups in total. The highest BCUT2D eigenvalue weighted by Crippen LogP contribution is 2.34. The minimum atomic E-state index is -4.43. The topological polar surface area (TPSA) is 17.8 Å². The molecule has 6 heteroatoms. The molecular formula is C15H16ClF3N2. The van der Waals surface area contributed by atoms with Crippen molar-refractivity contribution in [3.05, 3.63) is 46.3 Å². The fourth-order valence-corrected chi connectivity index (χ4v) is 2.75. The minimum Gasteiger partial charge on any atom is -0.238 e. The lowest BCUT2D eigenvalue weighted by Crippen LogP contribution is -2.10. The maximum absolute atomic E-state index is 13.1. The summed E-state index contributed by atoms with van der Waals surface area (Å²) in [5, 5.41) is 4.35. The van der Waals surface area contributed by atoms with Gasteiger partial charge in [0.25, 0.3) is 0 Å². The molecule has 0 aliphatic rings. The van der Waals surface area contributed by atoms with E-state index in [-0.39, 0.29) is 11.4 Å². The van der Waals surface area contributed by atoms with Gasteiger partial charge in [0.1, 0.15) is 0 Å². The van der Waals surface area contributed by atoms with Crippen LogP contribution in [-0.2, 0) is 18.5 Å². The largest absolute Gasteiger partial charge is 0.416 e.